The van der Waals surface area contributed by atoms with E-state index in [2.05, 4.69) is 0 Å². The zero-order chi connectivity index (χ0) is 21.8. The van der Waals surface area contributed by atoms with Gasteiger partial charge >= 0.3 is 11.9 Å². The summed E-state index contributed by atoms with van der Waals surface area (Å²) in [4.78, 5) is 37.4. The molecule has 7 nitrogen and oxygen atoms in total. The fraction of sp³-hybridized carbons (Fsp3) is 0.650. The quantitative estimate of drug-likeness (QED) is 0.370. The number of aliphatic hydroxyl groups excluding tert-OH is 1. The van der Waals surface area contributed by atoms with Gasteiger partial charge in [-0.05, 0) is 39.7 Å². The van der Waals surface area contributed by atoms with Crippen molar-refractivity contribution in [3.63, 3.8) is 0 Å². The van der Waals surface area contributed by atoms with Gasteiger partial charge in [-0.15, -0.1) is 11.6 Å². The Bertz CT molecular complexity index is 676. The van der Waals surface area contributed by atoms with Crippen LogP contribution in [-0.2, 0) is 23.9 Å². The van der Waals surface area contributed by atoms with E-state index in [1.54, 1.807) is 33.8 Å². The van der Waals surface area contributed by atoms with Gasteiger partial charge in [0.2, 0.25) is 5.78 Å². The van der Waals surface area contributed by atoms with Crippen LogP contribution in [0.4, 0.5) is 0 Å². The maximum atomic E-state index is 12.8. The molecular weight excluding hydrogens is 388 g/mol. The monoisotopic (exact) mass is 416 g/mol. The average molecular weight is 417 g/mol. The Labute approximate surface area is 170 Å². The zero-order valence-corrected chi connectivity index (χ0v) is 17.8. The summed E-state index contributed by atoms with van der Waals surface area (Å²) in [6.45, 7) is 8.89. The van der Waals surface area contributed by atoms with E-state index < -0.39 is 53.4 Å². The topological polar surface area (TPSA) is 110 Å². The molecule has 0 aliphatic heterocycles. The van der Waals surface area contributed by atoms with Gasteiger partial charge in [0.05, 0.1) is 12.0 Å². The number of rotatable bonds is 7. The highest BCUT2D eigenvalue weighted by Crippen LogP contribution is 2.34. The molecule has 0 aromatic rings. The first-order chi connectivity index (χ1) is 12.9. The number of Topliss-reactive ketones (excluding diaryl/α,β-unsaturated/α-hetero) is 1. The first-order valence-corrected chi connectivity index (χ1v) is 9.59. The Morgan fingerprint density at radius 1 is 1.32 bits per heavy atom. The molecule has 0 saturated heterocycles. The second-order valence-corrected chi connectivity index (χ2v) is 8.12. The molecule has 0 amide bonds. The number of halogens is 1. The fourth-order valence-corrected chi connectivity index (χ4v) is 2.85. The lowest BCUT2D eigenvalue weighted by Gasteiger charge is -2.38. The number of allylic oxidation sites excluding steroid dienone is 1. The molecule has 28 heavy (non-hydrogen) atoms. The highest BCUT2D eigenvalue weighted by molar-refractivity contribution is 6.22. The van der Waals surface area contributed by atoms with E-state index in [1.165, 1.54) is 19.9 Å². The van der Waals surface area contributed by atoms with Crippen LogP contribution in [0.3, 0.4) is 0 Å². The number of aliphatic hydroxyl groups is 2. The average Bonchev–Trinajstić information content (AvgIpc) is 2.62. The van der Waals surface area contributed by atoms with E-state index in [4.69, 9.17) is 21.1 Å². The standard InChI is InChI=1S/C20H29ClO7/c1-7-11(4)18(24)27-14-8-13(9-22)16(23)17(15(14)10(2)3)28-19(25)20(6,26)12(5)21/h7-8,10,12,14-15,17,22,26H,9H2,1-6H3/b11-7-/t12-,14-,15-,17+,20-/m1/s1. The van der Waals surface area contributed by atoms with Gasteiger partial charge in [0.25, 0.3) is 0 Å². The van der Waals surface area contributed by atoms with Crippen molar-refractivity contribution in [3.8, 4) is 0 Å². The van der Waals surface area contributed by atoms with E-state index in [0.29, 0.717) is 5.57 Å². The minimum Gasteiger partial charge on any atom is -0.454 e. The lowest BCUT2D eigenvalue weighted by atomic mass is 9.77. The predicted molar refractivity (Wildman–Crippen MR) is 104 cm³/mol. The Balaban J connectivity index is 3.30. The van der Waals surface area contributed by atoms with Gasteiger partial charge in [-0.2, -0.15) is 0 Å². The zero-order valence-electron chi connectivity index (χ0n) is 17.1. The van der Waals surface area contributed by atoms with Crippen molar-refractivity contribution in [1.29, 1.82) is 0 Å². The summed E-state index contributed by atoms with van der Waals surface area (Å²) in [5.41, 5.74) is -1.66. The summed E-state index contributed by atoms with van der Waals surface area (Å²) < 4.78 is 10.9. The van der Waals surface area contributed by atoms with Gasteiger partial charge in [0.1, 0.15) is 6.10 Å². The number of carbonyl (C=O) groups excluding carboxylic acids is 3. The molecule has 1 aliphatic carbocycles. The van der Waals surface area contributed by atoms with Crippen LogP contribution in [0.1, 0.15) is 41.5 Å². The number of ketones is 1. The highest BCUT2D eigenvalue weighted by Gasteiger charge is 2.48. The number of alkyl halides is 1. The van der Waals surface area contributed by atoms with E-state index in [9.17, 15) is 24.6 Å². The molecule has 1 aliphatic rings. The smallest absolute Gasteiger partial charge is 0.340 e. The molecule has 0 aromatic heterocycles. The highest BCUT2D eigenvalue weighted by atomic mass is 35.5. The van der Waals surface area contributed by atoms with Crippen LogP contribution in [0, 0.1) is 11.8 Å². The second kappa shape index (κ2) is 9.67. The maximum Gasteiger partial charge on any atom is 0.340 e. The molecule has 0 radical (unpaired) electrons. The minimum atomic E-state index is -2.02. The Morgan fingerprint density at radius 3 is 2.32 bits per heavy atom. The Hall–Kier alpha value is -1.70. The lowest BCUT2D eigenvalue weighted by Crippen LogP contribution is -2.53. The van der Waals surface area contributed by atoms with E-state index in [0.717, 1.165) is 0 Å². The normalized spacial score (nSPS) is 26.4. The van der Waals surface area contributed by atoms with E-state index in [1.807, 2.05) is 0 Å². The van der Waals surface area contributed by atoms with Crippen LogP contribution in [0.2, 0.25) is 0 Å². The number of carbonyl (C=O) groups is 3. The van der Waals surface area contributed by atoms with Crippen molar-refractivity contribution in [1.82, 2.24) is 0 Å². The molecule has 1 rings (SSSR count). The first-order valence-electron chi connectivity index (χ1n) is 9.15. The molecule has 0 spiro atoms. The van der Waals surface area contributed by atoms with Crippen molar-refractivity contribution in [2.45, 2.75) is 64.7 Å². The Morgan fingerprint density at radius 2 is 1.89 bits per heavy atom. The molecule has 0 aromatic carbocycles. The summed E-state index contributed by atoms with van der Waals surface area (Å²) in [6.07, 6.45) is 0.762. The third-order valence-corrected chi connectivity index (χ3v) is 5.45. The summed E-state index contributed by atoms with van der Waals surface area (Å²) in [7, 11) is 0. The molecule has 0 unspecified atom stereocenters. The van der Waals surface area contributed by atoms with Gasteiger partial charge in [-0.3, -0.25) is 4.79 Å². The molecule has 5 atom stereocenters. The number of hydrogen-bond donors (Lipinski definition) is 2. The van der Waals surface area contributed by atoms with Crippen LogP contribution >= 0.6 is 11.6 Å². The SMILES string of the molecule is C/C=C(/C)C(=O)O[C@@H]1C=C(CO)C(=O)[C@@H](OC(=O)[C@](C)(O)[C@@H](C)Cl)[C@@H]1C(C)C. The van der Waals surface area contributed by atoms with Crippen LogP contribution in [0.5, 0.6) is 0 Å². The number of esters is 2. The summed E-state index contributed by atoms with van der Waals surface area (Å²) in [5, 5.41) is 18.8. The molecule has 0 bridgehead atoms. The van der Waals surface area contributed by atoms with Crippen LogP contribution in [-0.4, -0.2) is 57.7 Å². The van der Waals surface area contributed by atoms with Gasteiger partial charge in [-0.1, -0.05) is 19.9 Å². The third kappa shape index (κ3) is 5.21. The molecule has 2 N–H and O–H groups in total. The van der Waals surface area contributed by atoms with Gasteiger partial charge in [0.15, 0.2) is 11.7 Å². The van der Waals surface area contributed by atoms with Gasteiger partial charge in [0, 0.05) is 17.1 Å². The molecule has 8 heteroatoms. The van der Waals surface area contributed by atoms with E-state index in [-0.39, 0.29) is 11.5 Å². The molecule has 0 heterocycles. The van der Waals surface area contributed by atoms with Gasteiger partial charge in [-0.25, -0.2) is 9.59 Å². The van der Waals surface area contributed by atoms with Crippen molar-refractivity contribution < 1.29 is 34.1 Å². The molecular formula is C20H29ClO7. The van der Waals surface area contributed by atoms with Crippen LogP contribution in [0.15, 0.2) is 23.3 Å². The first kappa shape index (κ1) is 24.3. The summed E-state index contributed by atoms with van der Waals surface area (Å²) in [5.74, 6) is -3.15. The fourth-order valence-electron chi connectivity index (χ4n) is 2.76. The maximum absolute atomic E-state index is 12.8. The van der Waals surface area contributed by atoms with Crippen molar-refractivity contribution in [2.75, 3.05) is 6.61 Å². The summed E-state index contributed by atoms with van der Waals surface area (Å²) in [6, 6.07) is 0. The molecule has 158 valence electrons. The number of hydrogen-bond acceptors (Lipinski definition) is 7. The Kier molecular flexibility index (Phi) is 8.41. The molecule has 0 saturated carbocycles. The number of ether oxygens (including phenoxy) is 2. The predicted octanol–water partition coefficient (Wildman–Crippen LogP) is 1.93. The minimum absolute atomic E-state index is 0.0239. The molecule has 0 fully saturated rings. The largest absolute Gasteiger partial charge is 0.454 e. The van der Waals surface area contributed by atoms with Crippen molar-refractivity contribution in [2.24, 2.45) is 11.8 Å². The lowest BCUT2D eigenvalue weighted by molar-refractivity contribution is -0.180. The van der Waals surface area contributed by atoms with Gasteiger partial charge < -0.3 is 19.7 Å². The van der Waals surface area contributed by atoms with Crippen LogP contribution in [0.25, 0.3) is 0 Å². The van der Waals surface area contributed by atoms with Crippen LogP contribution < -0.4 is 0 Å². The van der Waals surface area contributed by atoms with E-state index >= 15 is 0 Å². The van der Waals surface area contributed by atoms with Crippen molar-refractivity contribution >= 4 is 29.3 Å². The van der Waals surface area contributed by atoms with Crippen molar-refractivity contribution in [3.05, 3.63) is 23.3 Å². The summed E-state index contributed by atoms with van der Waals surface area (Å²) >= 11 is 5.86. The second-order valence-electron chi connectivity index (χ2n) is 7.47. The third-order valence-electron chi connectivity index (χ3n) is 5.03.